The molecular weight excluding hydrogens is 322 g/mol. The van der Waals surface area contributed by atoms with Gasteiger partial charge in [0, 0.05) is 13.0 Å². The van der Waals surface area contributed by atoms with Crippen molar-refractivity contribution in [1.29, 1.82) is 0 Å². The zero-order valence-electron chi connectivity index (χ0n) is 17.4. The van der Waals surface area contributed by atoms with Crippen LogP contribution in [-0.2, 0) is 0 Å². The first kappa shape index (κ1) is 23.3. The van der Waals surface area contributed by atoms with Crippen LogP contribution in [0.5, 0.6) is 0 Å². The molecule has 0 aromatic heterocycles. The fraction of sp³-hybridized carbons (Fsp3) is 0.864. The van der Waals surface area contributed by atoms with Gasteiger partial charge in [-0.2, -0.15) is 0 Å². The Labute approximate surface area is 162 Å². The molecule has 0 aliphatic carbocycles. The standard InChI is InChI=1S/C22H43N3O/c1-3-4-5-6-7-8-9-10-11-12-13-14-15-16-17-18-22-24-19-20-25(22,26)21(2)23/h17-18,21H,3-16,19-20,23H2,1-2H3. The molecule has 2 unspecified atom stereocenters. The van der Waals surface area contributed by atoms with Gasteiger partial charge in [-0.15, -0.1) is 0 Å². The van der Waals surface area contributed by atoms with Crippen molar-refractivity contribution in [1.82, 2.24) is 0 Å². The van der Waals surface area contributed by atoms with Gasteiger partial charge in [0.25, 0.3) is 0 Å². The molecule has 1 aliphatic heterocycles. The van der Waals surface area contributed by atoms with Gasteiger partial charge in [0.05, 0.1) is 6.54 Å². The highest BCUT2D eigenvalue weighted by Gasteiger charge is 2.31. The third-order valence-electron chi connectivity index (χ3n) is 5.49. The van der Waals surface area contributed by atoms with Gasteiger partial charge >= 0.3 is 0 Å². The molecule has 0 aromatic carbocycles. The first-order chi connectivity index (χ1) is 12.6. The number of allylic oxidation sites excluding steroid dienone is 1. The molecule has 0 aromatic rings. The molecule has 4 heteroatoms. The number of hydrogen-bond acceptors (Lipinski definition) is 3. The van der Waals surface area contributed by atoms with Gasteiger partial charge < -0.3 is 5.21 Å². The van der Waals surface area contributed by atoms with E-state index in [0.717, 1.165) is 6.42 Å². The second kappa shape index (κ2) is 14.4. The van der Waals surface area contributed by atoms with Gasteiger partial charge in [-0.3, -0.25) is 10.4 Å². The minimum Gasteiger partial charge on any atom is -0.625 e. The number of quaternary nitrogens is 1. The van der Waals surface area contributed by atoms with Crippen LogP contribution in [0.3, 0.4) is 0 Å². The average Bonchev–Trinajstić information content (AvgIpc) is 3.00. The Morgan fingerprint density at radius 3 is 1.96 bits per heavy atom. The summed E-state index contributed by atoms with van der Waals surface area (Å²) in [6.45, 7) is 5.13. The van der Waals surface area contributed by atoms with Crippen molar-refractivity contribution in [3.63, 3.8) is 0 Å². The summed E-state index contributed by atoms with van der Waals surface area (Å²) in [7, 11) is 0. The highest BCUT2D eigenvalue weighted by atomic mass is 16.6. The summed E-state index contributed by atoms with van der Waals surface area (Å²) in [4.78, 5) is 4.32. The van der Waals surface area contributed by atoms with Crippen molar-refractivity contribution >= 4 is 5.84 Å². The van der Waals surface area contributed by atoms with E-state index in [2.05, 4.69) is 18.0 Å². The predicted octanol–water partition coefficient (Wildman–Crippen LogP) is 6.06. The normalized spacial score (nSPS) is 21.5. The molecule has 1 heterocycles. The summed E-state index contributed by atoms with van der Waals surface area (Å²) in [5, 5.41) is 12.5. The minimum atomic E-state index is -0.463. The van der Waals surface area contributed by atoms with E-state index in [1.165, 1.54) is 83.5 Å². The van der Waals surface area contributed by atoms with Crippen LogP contribution >= 0.6 is 0 Å². The van der Waals surface area contributed by atoms with E-state index in [1.54, 1.807) is 6.92 Å². The lowest BCUT2D eigenvalue weighted by Crippen LogP contribution is -2.55. The lowest BCUT2D eigenvalue weighted by molar-refractivity contribution is -0.807. The lowest BCUT2D eigenvalue weighted by Gasteiger charge is -2.41. The van der Waals surface area contributed by atoms with Crippen LogP contribution in [0.4, 0.5) is 0 Å². The molecule has 2 atom stereocenters. The van der Waals surface area contributed by atoms with Crippen molar-refractivity contribution in [2.45, 2.75) is 110 Å². The average molecular weight is 366 g/mol. The monoisotopic (exact) mass is 365 g/mol. The lowest BCUT2D eigenvalue weighted by atomic mass is 10.0. The zero-order valence-corrected chi connectivity index (χ0v) is 17.4. The zero-order chi connectivity index (χ0) is 19.1. The third-order valence-corrected chi connectivity index (χ3v) is 5.49. The summed E-state index contributed by atoms with van der Waals surface area (Å²) < 4.78 is -0.463. The Balaban J connectivity index is 1.91. The quantitative estimate of drug-likeness (QED) is 0.205. The van der Waals surface area contributed by atoms with Gasteiger partial charge in [0.15, 0.2) is 0 Å². The Bertz CT molecular complexity index is 406. The number of unbranched alkanes of at least 4 members (excludes halogenated alkanes) is 13. The maximum Gasteiger partial charge on any atom is 0.224 e. The summed E-state index contributed by atoms with van der Waals surface area (Å²) in [6, 6.07) is 0. The second-order valence-electron chi connectivity index (χ2n) is 7.93. The van der Waals surface area contributed by atoms with Gasteiger partial charge in [0.2, 0.25) is 5.84 Å². The van der Waals surface area contributed by atoms with Crippen LogP contribution in [0.1, 0.15) is 104 Å². The van der Waals surface area contributed by atoms with Crippen molar-refractivity contribution in [3.05, 3.63) is 17.4 Å². The number of hydroxylamine groups is 3. The fourth-order valence-electron chi connectivity index (χ4n) is 3.61. The van der Waals surface area contributed by atoms with Crippen LogP contribution in [-0.4, -0.2) is 29.7 Å². The molecule has 152 valence electrons. The van der Waals surface area contributed by atoms with Crippen LogP contribution in [0, 0.1) is 5.21 Å². The van der Waals surface area contributed by atoms with Crippen LogP contribution in [0.25, 0.3) is 0 Å². The summed E-state index contributed by atoms with van der Waals surface area (Å²) in [5.41, 5.74) is 5.82. The molecular formula is C22H43N3O. The molecule has 1 aliphatic rings. The summed E-state index contributed by atoms with van der Waals surface area (Å²) in [5.74, 6) is 0.606. The van der Waals surface area contributed by atoms with Gasteiger partial charge in [0.1, 0.15) is 12.7 Å². The van der Waals surface area contributed by atoms with Crippen LogP contribution in [0.15, 0.2) is 17.1 Å². The van der Waals surface area contributed by atoms with Crippen molar-refractivity contribution < 1.29 is 4.65 Å². The molecule has 0 saturated carbocycles. The number of nitrogens with zero attached hydrogens (tertiary/aromatic N) is 2. The Morgan fingerprint density at radius 1 is 0.962 bits per heavy atom. The molecule has 0 amide bonds. The smallest absolute Gasteiger partial charge is 0.224 e. The fourth-order valence-corrected chi connectivity index (χ4v) is 3.61. The Kier molecular flexibility index (Phi) is 12.9. The molecule has 0 fully saturated rings. The van der Waals surface area contributed by atoms with E-state index in [1.807, 2.05) is 6.08 Å². The topological polar surface area (TPSA) is 61.4 Å². The van der Waals surface area contributed by atoms with Crippen molar-refractivity contribution in [3.8, 4) is 0 Å². The predicted molar refractivity (Wildman–Crippen MR) is 114 cm³/mol. The van der Waals surface area contributed by atoms with Gasteiger partial charge in [-0.05, 0) is 12.8 Å². The van der Waals surface area contributed by atoms with E-state index in [4.69, 9.17) is 5.73 Å². The minimum absolute atomic E-state index is 0.433. The van der Waals surface area contributed by atoms with E-state index in [-0.39, 0.29) is 0 Å². The van der Waals surface area contributed by atoms with E-state index in [0.29, 0.717) is 18.9 Å². The van der Waals surface area contributed by atoms with Gasteiger partial charge in [-0.25, -0.2) is 4.99 Å². The van der Waals surface area contributed by atoms with Crippen molar-refractivity contribution in [2.24, 2.45) is 10.7 Å². The molecule has 0 bridgehead atoms. The van der Waals surface area contributed by atoms with E-state index < -0.39 is 10.8 Å². The van der Waals surface area contributed by atoms with Crippen LogP contribution < -0.4 is 5.73 Å². The molecule has 26 heavy (non-hydrogen) atoms. The first-order valence-electron chi connectivity index (χ1n) is 11.2. The van der Waals surface area contributed by atoms with E-state index in [9.17, 15) is 5.21 Å². The molecule has 0 spiro atoms. The highest BCUT2D eigenvalue weighted by Crippen LogP contribution is 2.17. The number of hydrogen-bond donors (Lipinski definition) is 1. The van der Waals surface area contributed by atoms with Crippen LogP contribution in [0.2, 0.25) is 0 Å². The highest BCUT2D eigenvalue weighted by molar-refractivity contribution is 5.88. The largest absolute Gasteiger partial charge is 0.625 e. The number of nitrogens with two attached hydrogens (primary N) is 1. The Morgan fingerprint density at radius 2 is 1.46 bits per heavy atom. The number of rotatable bonds is 16. The molecule has 2 N–H and O–H groups in total. The maximum absolute atomic E-state index is 12.5. The number of aliphatic imine (C=N–C) groups is 1. The molecule has 4 nitrogen and oxygen atoms in total. The molecule has 1 rings (SSSR count). The maximum atomic E-state index is 12.5. The SMILES string of the molecule is CCCCCCCCCCCCCCCC=CC1=NCC[N+]1([O-])C(C)N. The Hall–Kier alpha value is -0.710. The summed E-state index contributed by atoms with van der Waals surface area (Å²) in [6.07, 6.45) is 22.5. The number of amidine groups is 1. The molecule has 0 saturated heterocycles. The summed E-state index contributed by atoms with van der Waals surface area (Å²) >= 11 is 0. The first-order valence-corrected chi connectivity index (χ1v) is 11.2. The van der Waals surface area contributed by atoms with E-state index >= 15 is 0 Å². The van der Waals surface area contributed by atoms with Gasteiger partial charge in [-0.1, -0.05) is 90.0 Å². The van der Waals surface area contributed by atoms with Crippen molar-refractivity contribution in [2.75, 3.05) is 13.1 Å². The second-order valence-corrected chi connectivity index (χ2v) is 7.93. The molecule has 0 radical (unpaired) electrons. The third kappa shape index (κ3) is 9.29.